The molecule has 164 valence electrons. The monoisotopic (exact) mass is 460 g/mol. The van der Waals surface area contributed by atoms with Crippen molar-refractivity contribution in [2.45, 2.75) is 12.7 Å². The molecule has 0 saturated heterocycles. The minimum Gasteiger partial charge on any atom is -0.393 e. The third-order valence-electron chi connectivity index (χ3n) is 6.11. The molecule has 2 aliphatic heterocycles. The summed E-state index contributed by atoms with van der Waals surface area (Å²) in [4.78, 5) is 25.4. The second-order valence-electron chi connectivity index (χ2n) is 8.05. The van der Waals surface area contributed by atoms with E-state index in [9.17, 15) is 9.18 Å². The van der Waals surface area contributed by atoms with Crippen LogP contribution in [0.5, 0.6) is 0 Å². The van der Waals surface area contributed by atoms with Crippen LogP contribution in [0.4, 0.5) is 10.2 Å². The number of hydrogen-bond acceptors (Lipinski definition) is 6. The lowest BCUT2D eigenvalue weighted by molar-refractivity contribution is 0.107. The Kier molecular flexibility index (Phi) is 5.42. The highest BCUT2D eigenvalue weighted by molar-refractivity contribution is 6.96. The van der Waals surface area contributed by atoms with E-state index in [4.69, 9.17) is 22.4 Å². The van der Waals surface area contributed by atoms with E-state index in [1.807, 2.05) is 35.1 Å². The zero-order valence-corrected chi connectivity index (χ0v) is 18.3. The van der Waals surface area contributed by atoms with Crippen LogP contribution in [0.2, 0.25) is 5.02 Å². The van der Waals surface area contributed by atoms with Crippen molar-refractivity contribution >= 4 is 42.1 Å². The normalized spacial score (nSPS) is 15.8. The molecule has 2 aromatic heterocycles. The molecule has 10 heteroatoms. The summed E-state index contributed by atoms with van der Waals surface area (Å²) in [5.41, 5.74) is 3.43. The number of anilines is 1. The number of pyridine rings is 2. The molecule has 5 rings (SSSR count). The lowest BCUT2D eigenvalue weighted by Crippen LogP contribution is -2.46. The molecule has 3 aromatic rings. The van der Waals surface area contributed by atoms with Gasteiger partial charge in [0.2, 0.25) is 5.95 Å². The fourth-order valence-electron chi connectivity index (χ4n) is 4.42. The predicted octanol–water partition coefficient (Wildman–Crippen LogP) is 3.89. The number of carbonyl (C=O) groups excluding carboxylic acids is 1. The number of nitrogens with zero attached hydrogens (tertiary/aromatic N) is 4. The Hall–Kier alpha value is -3.59. The molecule has 4 heterocycles. The second kappa shape index (κ2) is 8.40. The average Bonchev–Trinajstić information content (AvgIpc) is 3.17. The maximum Gasteiger partial charge on any atom is 0.345 e. The molecule has 7 nitrogen and oxygen atoms in total. The van der Waals surface area contributed by atoms with Crippen molar-refractivity contribution in [1.82, 2.24) is 14.9 Å². The van der Waals surface area contributed by atoms with Crippen LogP contribution in [0.25, 0.3) is 11.1 Å². The molecule has 0 unspecified atom stereocenters. The highest BCUT2D eigenvalue weighted by Crippen LogP contribution is 2.31. The van der Waals surface area contributed by atoms with E-state index in [2.05, 4.69) is 9.97 Å². The highest BCUT2D eigenvalue weighted by Gasteiger charge is 2.40. The first-order valence-electron chi connectivity index (χ1n) is 10.5. The van der Waals surface area contributed by atoms with Gasteiger partial charge in [-0.1, -0.05) is 29.8 Å². The summed E-state index contributed by atoms with van der Waals surface area (Å²) in [5, 5.41) is 15.9. The zero-order valence-electron chi connectivity index (χ0n) is 17.6. The summed E-state index contributed by atoms with van der Waals surface area (Å²) in [7, 11) is 0. The topological polar surface area (TPSA) is 97.0 Å². The molecule has 0 amide bonds. The van der Waals surface area contributed by atoms with Crippen molar-refractivity contribution in [2.75, 3.05) is 17.9 Å². The van der Waals surface area contributed by atoms with Gasteiger partial charge < -0.3 is 14.5 Å². The van der Waals surface area contributed by atoms with Crippen LogP contribution in [-0.2, 0) is 6.32 Å². The maximum atomic E-state index is 13.5. The number of nitrogens with one attached hydrogen (secondary N) is 2. The van der Waals surface area contributed by atoms with Crippen molar-refractivity contribution < 1.29 is 9.18 Å². The molecule has 0 spiro atoms. The SMILES string of the molecule is N=CN1CCCN(B2Cc3ccc(-c4cnc(F)c(Cl)c4)cc3C2=O)c2cccc(n2)C1=N. The largest absolute Gasteiger partial charge is 0.393 e. The summed E-state index contributed by atoms with van der Waals surface area (Å²) >= 11 is 5.89. The Morgan fingerprint density at radius 1 is 1.15 bits per heavy atom. The molecule has 2 aliphatic rings. The van der Waals surface area contributed by atoms with Gasteiger partial charge in [0.25, 0.3) is 0 Å². The van der Waals surface area contributed by atoms with E-state index in [-0.39, 0.29) is 16.5 Å². The Balaban J connectivity index is 1.48. The number of aromatic nitrogens is 2. The van der Waals surface area contributed by atoms with Crippen LogP contribution in [-0.4, -0.2) is 52.7 Å². The van der Waals surface area contributed by atoms with E-state index in [1.165, 1.54) is 12.3 Å². The smallest absolute Gasteiger partial charge is 0.345 e. The number of hydrogen-bond donors (Lipinski definition) is 2. The van der Waals surface area contributed by atoms with Gasteiger partial charge in [0.05, 0.1) is 11.4 Å². The Bertz CT molecular complexity index is 1300. The van der Waals surface area contributed by atoms with Crippen LogP contribution < -0.4 is 4.81 Å². The number of rotatable bonds is 3. The summed E-state index contributed by atoms with van der Waals surface area (Å²) in [6, 6.07) is 12.5. The Labute approximate surface area is 195 Å². The van der Waals surface area contributed by atoms with Crippen LogP contribution in [0.3, 0.4) is 0 Å². The van der Waals surface area contributed by atoms with E-state index in [1.54, 1.807) is 11.0 Å². The molecule has 2 bridgehead atoms. The summed E-state index contributed by atoms with van der Waals surface area (Å²) in [5.74, 6) is 0.0889. The van der Waals surface area contributed by atoms with Gasteiger partial charge in [-0.25, -0.2) is 9.97 Å². The van der Waals surface area contributed by atoms with E-state index in [0.29, 0.717) is 48.5 Å². The van der Waals surface area contributed by atoms with Gasteiger partial charge in [-0.15, -0.1) is 0 Å². The fraction of sp³-hybridized carbons (Fsp3) is 0.174. The summed E-state index contributed by atoms with van der Waals surface area (Å²) in [6.07, 6.45) is 3.76. The number of fused-ring (bicyclic) bond motifs is 3. The van der Waals surface area contributed by atoms with Crippen LogP contribution in [0.15, 0.2) is 48.7 Å². The Morgan fingerprint density at radius 2 is 2.00 bits per heavy atom. The van der Waals surface area contributed by atoms with Crippen LogP contribution in [0, 0.1) is 16.8 Å². The van der Waals surface area contributed by atoms with Gasteiger partial charge in [0.15, 0.2) is 5.84 Å². The molecular formula is C23H19BClFN6O. The molecule has 0 atom stereocenters. The van der Waals surface area contributed by atoms with E-state index in [0.717, 1.165) is 17.5 Å². The van der Waals surface area contributed by atoms with Gasteiger partial charge in [-0.3, -0.25) is 10.8 Å². The minimum absolute atomic E-state index is 0.00143. The van der Waals surface area contributed by atoms with Crippen molar-refractivity contribution in [1.29, 1.82) is 10.8 Å². The Morgan fingerprint density at radius 3 is 2.79 bits per heavy atom. The average molecular weight is 461 g/mol. The van der Waals surface area contributed by atoms with Gasteiger partial charge in [0.1, 0.15) is 17.2 Å². The molecule has 1 aromatic carbocycles. The third kappa shape index (κ3) is 3.78. The van der Waals surface area contributed by atoms with Gasteiger partial charge >= 0.3 is 6.85 Å². The molecule has 33 heavy (non-hydrogen) atoms. The number of halogens is 2. The quantitative estimate of drug-likeness (QED) is 0.267. The number of carbonyl (C=O) groups is 1. The fourth-order valence-corrected chi connectivity index (χ4v) is 4.59. The van der Waals surface area contributed by atoms with Crippen molar-refractivity contribution in [3.05, 3.63) is 76.5 Å². The minimum atomic E-state index is -0.727. The standard InChI is InChI=1S/C23H19BClFN6O/c25-18-10-16(12-29-22(18)26)14-5-6-15-11-24(21(33)17(15)9-14)32-8-2-7-31(13-27)23(28)19-3-1-4-20(32)30-19/h1,3-6,9-10,12-13,27-28H,2,7-8,11H2. The van der Waals surface area contributed by atoms with Crippen LogP contribution >= 0.6 is 11.6 Å². The lowest BCUT2D eigenvalue weighted by atomic mass is 9.56. The van der Waals surface area contributed by atoms with Gasteiger partial charge in [0, 0.05) is 30.4 Å². The molecule has 0 radical (unpaired) electrons. The predicted molar refractivity (Wildman–Crippen MR) is 127 cm³/mol. The maximum absolute atomic E-state index is 13.5. The van der Waals surface area contributed by atoms with E-state index >= 15 is 0 Å². The zero-order chi connectivity index (χ0) is 23.1. The molecule has 0 fully saturated rings. The van der Waals surface area contributed by atoms with E-state index < -0.39 is 12.8 Å². The molecule has 0 saturated carbocycles. The first kappa shape index (κ1) is 21.3. The summed E-state index contributed by atoms with van der Waals surface area (Å²) < 4.78 is 13.5. The second-order valence-corrected chi connectivity index (χ2v) is 8.46. The van der Waals surface area contributed by atoms with Crippen molar-refractivity contribution in [3.8, 4) is 11.1 Å². The third-order valence-corrected chi connectivity index (χ3v) is 6.37. The van der Waals surface area contributed by atoms with Crippen molar-refractivity contribution in [3.63, 3.8) is 0 Å². The molecular weight excluding hydrogens is 442 g/mol. The van der Waals surface area contributed by atoms with Gasteiger partial charge in [-0.05, 0) is 48.1 Å². The van der Waals surface area contributed by atoms with Crippen LogP contribution in [0.1, 0.15) is 28.0 Å². The molecule has 0 aliphatic carbocycles. The summed E-state index contributed by atoms with van der Waals surface area (Å²) in [6.45, 7) is 0.659. The first-order chi connectivity index (χ1) is 16.0. The lowest BCUT2D eigenvalue weighted by Gasteiger charge is -2.27. The first-order valence-corrected chi connectivity index (χ1v) is 10.9. The van der Waals surface area contributed by atoms with Gasteiger partial charge in [-0.2, -0.15) is 4.39 Å². The van der Waals surface area contributed by atoms with Crippen molar-refractivity contribution in [2.24, 2.45) is 0 Å². The number of amidine groups is 1. The highest BCUT2D eigenvalue weighted by atomic mass is 35.5. The molecule has 2 N–H and O–H groups in total. The number of benzene rings is 1.